The highest BCUT2D eigenvalue weighted by molar-refractivity contribution is 7.89. The van der Waals surface area contributed by atoms with E-state index in [2.05, 4.69) is 16.0 Å². The third-order valence-electron chi connectivity index (χ3n) is 4.66. The number of pyridine rings is 1. The van der Waals surface area contributed by atoms with Gasteiger partial charge in [0, 0.05) is 45.1 Å². The molecule has 1 aliphatic heterocycles. The van der Waals surface area contributed by atoms with Gasteiger partial charge in [0.15, 0.2) is 0 Å². The van der Waals surface area contributed by atoms with Gasteiger partial charge in [-0.25, -0.2) is 8.42 Å². The molecule has 1 fully saturated rings. The maximum atomic E-state index is 13.1. The molecule has 1 saturated heterocycles. The van der Waals surface area contributed by atoms with Crippen molar-refractivity contribution in [3.8, 4) is 0 Å². The lowest BCUT2D eigenvalue weighted by atomic mass is 10.1. The molecule has 2 aromatic rings. The number of nitrogens with zero attached hydrogens (tertiary/aromatic N) is 3. The summed E-state index contributed by atoms with van der Waals surface area (Å²) in [5.41, 5.74) is 3.91. The van der Waals surface area contributed by atoms with Crippen molar-refractivity contribution in [2.45, 2.75) is 32.2 Å². The molecule has 5 nitrogen and oxygen atoms in total. The van der Waals surface area contributed by atoms with Crippen LogP contribution in [0.15, 0.2) is 41.6 Å². The Labute approximate surface area is 150 Å². The van der Waals surface area contributed by atoms with E-state index in [0.29, 0.717) is 18.0 Å². The Balaban J connectivity index is 1.72. The van der Waals surface area contributed by atoms with Crippen LogP contribution in [0.2, 0.25) is 0 Å². The van der Waals surface area contributed by atoms with E-state index in [1.54, 1.807) is 10.5 Å². The first-order valence-corrected chi connectivity index (χ1v) is 10.0. The second-order valence-electron chi connectivity index (χ2n) is 6.77. The van der Waals surface area contributed by atoms with E-state index in [9.17, 15) is 8.42 Å². The zero-order valence-electron chi connectivity index (χ0n) is 15.1. The molecule has 134 valence electrons. The molecule has 0 radical (unpaired) electrons. The van der Waals surface area contributed by atoms with Crippen LogP contribution in [-0.2, 0) is 16.6 Å². The van der Waals surface area contributed by atoms with Crippen LogP contribution in [0.4, 0.5) is 0 Å². The molecule has 1 aromatic carbocycles. The number of sulfonamides is 1. The van der Waals surface area contributed by atoms with Gasteiger partial charge in [-0.3, -0.25) is 9.88 Å². The maximum absolute atomic E-state index is 13.1. The van der Waals surface area contributed by atoms with Gasteiger partial charge in [-0.15, -0.1) is 0 Å². The van der Waals surface area contributed by atoms with Gasteiger partial charge in [-0.1, -0.05) is 23.8 Å². The van der Waals surface area contributed by atoms with Gasteiger partial charge >= 0.3 is 0 Å². The van der Waals surface area contributed by atoms with Crippen LogP contribution in [-0.4, -0.2) is 48.8 Å². The Kier molecular flexibility index (Phi) is 5.22. The highest BCUT2D eigenvalue weighted by Crippen LogP contribution is 2.26. The first-order chi connectivity index (χ1) is 11.9. The third-order valence-corrected chi connectivity index (χ3v) is 6.87. The van der Waals surface area contributed by atoms with E-state index in [1.807, 2.05) is 45.2 Å². The molecule has 25 heavy (non-hydrogen) atoms. The molecule has 0 bridgehead atoms. The Hall–Kier alpha value is -1.76. The molecule has 0 spiro atoms. The maximum Gasteiger partial charge on any atom is 0.243 e. The highest BCUT2D eigenvalue weighted by atomic mass is 32.2. The van der Waals surface area contributed by atoms with E-state index >= 15 is 0 Å². The lowest BCUT2D eigenvalue weighted by molar-refractivity contribution is 0.181. The zero-order chi connectivity index (χ0) is 18.0. The van der Waals surface area contributed by atoms with Crippen molar-refractivity contribution in [2.24, 2.45) is 0 Å². The molecule has 1 aromatic heterocycles. The topological polar surface area (TPSA) is 53.5 Å². The Morgan fingerprint density at radius 2 is 1.68 bits per heavy atom. The molecule has 0 N–H and O–H groups in total. The van der Waals surface area contributed by atoms with Gasteiger partial charge in [0.25, 0.3) is 0 Å². The summed E-state index contributed by atoms with van der Waals surface area (Å²) in [5, 5.41) is 0. The van der Waals surface area contributed by atoms with E-state index in [0.717, 1.165) is 41.9 Å². The predicted molar refractivity (Wildman–Crippen MR) is 98.9 cm³/mol. The van der Waals surface area contributed by atoms with Crippen LogP contribution in [0.25, 0.3) is 0 Å². The molecule has 3 rings (SSSR count). The van der Waals surface area contributed by atoms with Crippen molar-refractivity contribution in [1.82, 2.24) is 14.2 Å². The van der Waals surface area contributed by atoms with Crippen LogP contribution < -0.4 is 0 Å². The molecule has 0 amide bonds. The average molecular weight is 359 g/mol. The minimum atomic E-state index is -3.44. The van der Waals surface area contributed by atoms with Crippen molar-refractivity contribution in [3.63, 3.8) is 0 Å². The first kappa shape index (κ1) is 18.0. The summed E-state index contributed by atoms with van der Waals surface area (Å²) in [6.07, 6.45) is 3.63. The highest BCUT2D eigenvalue weighted by Gasteiger charge is 2.30. The van der Waals surface area contributed by atoms with Gasteiger partial charge in [0.05, 0.1) is 4.90 Å². The van der Waals surface area contributed by atoms with E-state index in [-0.39, 0.29) is 0 Å². The van der Waals surface area contributed by atoms with Crippen LogP contribution in [0.3, 0.4) is 0 Å². The second-order valence-corrected chi connectivity index (χ2v) is 8.64. The molecule has 2 heterocycles. The lowest BCUT2D eigenvalue weighted by Gasteiger charge is -2.34. The van der Waals surface area contributed by atoms with Crippen LogP contribution in [0.1, 0.15) is 22.3 Å². The normalized spacial score (nSPS) is 16.9. The van der Waals surface area contributed by atoms with Crippen molar-refractivity contribution >= 4 is 10.0 Å². The van der Waals surface area contributed by atoms with Gasteiger partial charge in [-0.05, 0) is 43.5 Å². The van der Waals surface area contributed by atoms with Crippen molar-refractivity contribution in [2.75, 3.05) is 26.2 Å². The first-order valence-electron chi connectivity index (χ1n) is 8.57. The summed E-state index contributed by atoms with van der Waals surface area (Å²) >= 11 is 0. The van der Waals surface area contributed by atoms with E-state index in [4.69, 9.17) is 0 Å². The summed E-state index contributed by atoms with van der Waals surface area (Å²) in [4.78, 5) is 6.88. The SMILES string of the molecule is Cc1cc(C)c(S(=O)(=O)N2CCN(Cc3cccnc3)CC2)c(C)c1. The lowest BCUT2D eigenvalue weighted by Crippen LogP contribution is -2.48. The molecule has 1 aliphatic rings. The number of benzene rings is 1. The van der Waals surface area contributed by atoms with E-state index in [1.165, 1.54) is 0 Å². The fourth-order valence-electron chi connectivity index (χ4n) is 3.58. The standard InChI is InChI=1S/C19H25N3O2S/c1-15-11-16(2)19(17(3)12-15)25(23,24)22-9-7-21(8-10-22)14-18-5-4-6-20-13-18/h4-6,11-13H,7-10,14H2,1-3H3. The summed E-state index contributed by atoms with van der Waals surface area (Å²) in [7, 11) is -3.44. The molecular formula is C19H25N3O2S. The monoisotopic (exact) mass is 359 g/mol. The Morgan fingerprint density at radius 3 is 2.24 bits per heavy atom. The predicted octanol–water partition coefficient (Wildman–Crippen LogP) is 2.51. The Bertz CT molecular complexity index is 819. The summed E-state index contributed by atoms with van der Waals surface area (Å²) in [6, 6.07) is 7.87. The van der Waals surface area contributed by atoms with Crippen LogP contribution >= 0.6 is 0 Å². The third kappa shape index (κ3) is 3.92. The number of rotatable bonds is 4. The number of aryl methyl sites for hydroxylation is 3. The molecular weight excluding hydrogens is 334 g/mol. The van der Waals surface area contributed by atoms with Crippen LogP contribution in [0, 0.1) is 20.8 Å². The number of piperazine rings is 1. The fraction of sp³-hybridized carbons (Fsp3) is 0.421. The van der Waals surface area contributed by atoms with Gasteiger partial charge in [0.2, 0.25) is 10.0 Å². The number of hydrogen-bond acceptors (Lipinski definition) is 4. The fourth-order valence-corrected chi connectivity index (χ4v) is 5.41. The second kappa shape index (κ2) is 7.23. The summed E-state index contributed by atoms with van der Waals surface area (Å²) < 4.78 is 27.8. The number of hydrogen-bond donors (Lipinski definition) is 0. The summed E-state index contributed by atoms with van der Waals surface area (Å²) in [5.74, 6) is 0. The molecule has 0 unspecified atom stereocenters. The average Bonchev–Trinajstić information content (AvgIpc) is 2.55. The minimum absolute atomic E-state index is 0.471. The Morgan fingerprint density at radius 1 is 1.04 bits per heavy atom. The molecule has 0 atom stereocenters. The van der Waals surface area contributed by atoms with Crippen LogP contribution in [0.5, 0.6) is 0 Å². The zero-order valence-corrected chi connectivity index (χ0v) is 15.9. The van der Waals surface area contributed by atoms with Gasteiger partial charge in [-0.2, -0.15) is 4.31 Å². The summed E-state index contributed by atoms with van der Waals surface area (Å²) in [6.45, 7) is 9.08. The molecule has 0 aliphatic carbocycles. The van der Waals surface area contributed by atoms with Crippen molar-refractivity contribution in [1.29, 1.82) is 0 Å². The van der Waals surface area contributed by atoms with E-state index < -0.39 is 10.0 Å². The van der Waals surface area contributed by atoms with Crippen molar-refractivity contribution in [3.05, 3.63) is 58.9 Å². The van der Waals surface area contributed by atoms with Gasteiger partial charge in [0.1, 0.15) is 0 Å². The number of aromatic nitrogens is 1. The van der Waals surface area contributed by atoms with Gasteiger partial charge < -0.3 is 0 Å². The largest absolute Gasteiger partial charge is 0.296 e. The smallest absolute Gasteiger partial charge is 0.243 e. The van der Waals surface area contributed by atoms with Crippen molar-refractivity contribution < 1.29 is 8.42 Å². The minimum Gasteiger partial charge on any atom is -0.296 e. The molecule has 0 saturated carbocycles. The molecule has 6 heteroatoms. The quantitative estimate of drug-likeness (QED) is 0.842.